The molecule has 1 saturated carbocycles. The molecule has 2 rings (SSSR count). The molecule has 1 fully saturated rings. The quantitative estimate of drug-likeness (QED) is 0.795. The Morgan fingerprint density at radius 3 is 2.00 bits per heavy atom. The van der Waals surface area contributed by atoms with E-state index in [9.17, 15) is 18.0 Å². The van der Waals surface area contributed by atoms with Crippen LogP contribution < -0.4 is 0 Å². The fraction of sp³-hybridized carbons (Fsp3) is 0.467. The minimum Gasteiger partial charge on any atom is -0.299 e. The van der Waals surface area contributed by atoms with Crippen molar-refractivity contribution in [1.82, 2.24) is 0 Å². The minimum absolute atomic E-state index is 0.0922. The average molecular weight is 294 g/mol. The van der Waals surface area contributed by atoms with E-state index in [1.54, 1.807) is 12.1 Å². The maximum atomic E-state index is 12.2. The van der Waals surface area contributed by atoms with Gasteiger partial charge in [0.25, 0.3) is 0 Å². The van der Waals surface area contributed by atoms with Crippen LogP contribution in [-0.4, -0.2) is 32.0 Å². The standard InChI is InChI=1S/C15H18O4S/c1-10-3-5-12(6-4-10)15-13(16)7-11(8-14(15)17)9-20(2,18)19/h3-6,11,15H,7-9H2,1-2H3. The van der Waals surface area contributed by atoms with Crippen LogP contribution in [0.1, 0.15) is 29.9 Å². The summed E-state index contributed by atoms with van der Waals surface area (Å²) in [6.07, 6.45) is 1.46. The molecular formula is C15H18O4S. The van der Waals surface area contributed by atoms with E-state index >= 15 is 0 Å². The normalized spacial score (nSPS) is 23.9. The first-order valence-corrected chi connectivity index (χ1v) is 8.62. The van der Waals surface area contributed by atoms with E-state index in [2.05, 4.69) is 0 Å². The molecule has 0 radical (unpaired) electrons. The highest BCUT2D eigenvalue weighted by Crippen LogP contribution is 2.31. The number of carbonyl (C=O) groups excluding carboxylic acids is 2. The number of benzene rings is 1. The molecule has 4 nitrogen and oxygen atoms in total. The fourth-order valence-electron chi connectivity index (χ4n) is 2.73. The summed E-state index contributed by atoms with van der Waals surface area (Å²) >= 11 is 0. The van der Waals surface area contributed by atoms with Crippen molar-refractivity contribution in [3.05, 3.63) is 35.4 Å². The van der Waals surface area contributed by atoms with E-state index in [1.165, 1.54) is 0 Å². The van der Waals surface area contributed by atoms with Gasteiger partial charge in [-0.3, -0.25) is 9.59 Å². The van der Waals surface area contributed by atoms with Crippen molar-refractivity contribution in [3.63, 3.8) is 0 Å². The Bertz CT molecular complexity index is 610. The van der Waals surface area contributed by atoms with Gasteiger partial charge < -0.3 is 0 Å². The average Bonchev–Trinajstić information content (AvgIpc) is 2.28. The molecule has 108 valence electrons. The molecule has 1 aliphatic rings. The third-order valence-electron chi connectivity index (χ3n) is 3.57. The van der Waals surface area contributed by atoms with Crippen LogP contribution in [0.2, 0.25) is 0 Å². The molecular weight excluding hydrogens is 276 g/mol. The zero-order valence-corrected chi connectivity index (χ0v) is 12.4. The SMILES string of the molecule is Cc1ccc(C2C(=O)CC(CS(C)(=O)=O)CC2=O)cc1. The van der Waals surface area contributed by atoms with Crippen molar-refractivity contribution in [2.45, 2.75) is 25.7 Å². The second-order valence-corrected chi connectivity index (χ2v) is 7.83. The summed E-state index contributed by atoms with van der Waals surface area (Å²) in [4.78, 5) is 24.3. The van der Waals surface area contributed by atoms with Gasteiger partial charge in [0.15, 0.2) is 0 Å². The highest BCUT2D eigenvalue weighted by atomic mass is 32.2. The molecule has 0 N–H and O–H groups in total. The van der Waals surface area contributed by atoms with E-state index in [4.69, 9.17) is 0 Å². The van der Waals surface area contributed by atoms with E-state index in [-0.39, 0.29) is 36.1 Å². The number of carbonyl (C=O) groups is 2. The molecule has 0 heterocycles. The van der Waals surface area contributed by atoms with Crippen LogP contribution >= 0.6 is 0 Å². The van der Waals surface area contributed by atoms with Crippen molar-refractivity contribution in [1.29, 1.82) is 0 Å². The lowest BCUT2D eigenvalue weighted by atomic mass is 9.77. The van der Waals surface area contributed by atoms with Gasteiger partial charge in [0, 0.05) is 19.1 Å². The van der Waals surface area contributed by atoms with Gasteiger partial charge in [-0.25, -0.2) is 8.42 Å². The lowest BCUT2D eigenvalue weighted by molar-refractivity contribution is -0.133. The number of ketones is 2. The first kappa shape index (κ1) is 14.9. The van der Waals surface area contributed by atoms with Gasteiger partial charge in [-0.1, -0.05) is 29.8 Å². The minimum atomic E-state index is -3.16. The van der Waals surface area contributed by atoms with Gasteiger partial charge in [0.1, 0.15) is 27.3 Å². The highest BCUT2D eigenvalue weighted by molar-refractivity contribution is 7.90. The molecule has 0 amide bonds. The lowest BCUT2D eigenvalue weighted by Crippen LogP contribution is -2.34. The Labute approximate surface area is 119 Å². The second-order valence-electron chi connectivity index (χ2n) is 5.64. The Morgan fingerprint density at radius 1 is 1.05 bits per heavy atom. The smallest absolute Gasteiger partial charge is 0.148 e. The third-order valence-corrected chi connectivity index (χ3v) is 4.65. The molecule has 0 spiro atoms. The van der Waals surface area contributed by atoms with Crippen LogP contribution in [0.3, 0.4) is 0 Å². The van der Waals surface area contributed by atoms with Gasteiger partial charge in [0.2, 0.25) is 0 Å². The van der Waals surface area contributed by atoms with Crippen LogP contribution in [0, 0.1) is 12.8 Å². The van der Waals surface area contributed by atoms with E-state index in [0.717, 1.165) is 11.8 Å². The van der Waals surface area contributed by atoms with Gasteiger partial charge in [-0.15, -0.1) is 0 Å². The van der Waals surface area contributed by atoms with Crippen LogP contribution in [0.15, 0.2) is 24.3 Å². The van der Waals surface area contributed by atoms with Crippen LogP contribution in [0.4, 0.5) is 0 Å². The van der Waals surface area contributed by atoms with Gasteiger partial charge in [0.05, 0.1) is 5.75 Å². The first-order valence-electron chi connectivity index (χ1n) is 6.56. The third kappa shape index (κ3) is 3.54. The number of hydrogen-bond acceptors (Lipinski definition) is 4. The number of aryl methyl sites for hydroxylation is 1. The number of rotatable bonds is 3. The Balaban J connectivity index is 2.17. The molecule has 0 aliphatic heterocycles. The molecule has 0 bridgehead atoms. The summed E-state index contributed by atoms with van der Waals surface area (Å²) in [6.45, 7) is 1.94. The second kappa shape index (κ2) is 5.48. The molecule has 1 aromatic rings. The number of hydrogen-bond donors (Lipinski definition) is 0. The van der Waals surface area contributed by atoms with Gasteiger partial charge in [-0.2, -0.15) is 0 Å². The zero-order chi connectivity index (χ0) is 14.9. The highest BCUT2D eigenvalue weighted by Gasteiger charge is 2.37. The van der Waals surface area contributed by atoms with Crippen LogP contribution in [-0.2, 0) is 19.4 Å². The zero-order valence-electron chi connectivity index (χ0n) is 11.6. The summed E-state index contributed by atoms with van der Waals surface area (Å²) < 4.78 is 22.6. The van der Waals surface area contributed by atoms with Crippen LogP contribution in [0.25, 0.3) is 0 Å². The van der Waals surface area contributed by atoms with Crippen molar-refractivity contribution in [3.8, 4) is 0 Å². The van der Waals surface area contributed by atoms with Gasteiger partial charge in [-0.05, 0) is 18.4 Å². The molecule has 5 heteroatoms. The van der Waals surface area contributed by atoms with Crippen molar-refractivity contribution in [2.24, 2.45) is 5.92 Å². The molecule has 0 aromatic heterocycles. The van der Waals surface area contributed by atoms with Crippen molar-refractivity contribution < 1.29 is 18.0 Å². The number of Topliss-reactive ketones (excluding diaryl/α,β-unsaturated/α-hetero) is 2. The molecule has 20 heavy (non-hydrogen) atoms. The molecule has 0 saturated heterocycles. The summed E-state index contributed by atoms with van der Waals surface area (Å²) in [7, 11) is -3.16. The number of sulfone groups is 1. The van der Waals surface area contributed by atoms with Crippen molar-refractivity contribution in [2.75, 3.05) is 12.0 Å². The topological polar surface area (TPSA) is 68.3 Å². The van der Waals surface area contributed by atoms with Gasteiger partial charge >= 0.3 is 0 Å². The molecule has 0 unspecified atom stereocenters. The molecule has 1 aliphatic carbocycles. The Hall–Kier alpha value is -1.49. The summed E-state index contributed by atoms with van der Waals surface area (Å²) in [6, 6.07) is 7.34. The van der Waals surface area contributed by atoms with E-state index in [1.807, 2.05) is 19.1 Å². The predicted molar refractivity (Wildman–Crippen MR) is 76.4 cm³/mol. The predicted octanol–water partition coefficient (Wildman–Crippen LogP) is 1.67. The fourth-order valence-corrected chi connectivity index (χ4v) is 3.83. The maximum Gasteiger partial charge on any atom is 0.148 e. The van der Waals surface area contributed by atoms with Crippen LogP contribution in [0.5, 0.6) is 0 Å². The van der Waals surface area contributed by atoms with Crippen molar-refractivity contribution >= 4 is 21.4 Å². The molecule has 1 aromatic carbocycles. The Morgan fingerprint density at radius 2 is 1.55 bits per heavy atom. The molecule has 0 atom stereocenters. The summed E-state index contributed by atoms with van der Waals surface area (Å²) in [5.74, 6) is -1.51. The largest absolute Gasteiger partial charge is 0.299 e. The van der Waals surface area contributed by atoms with E-state index < -0.39 is 15.8 Å². The summed E-state index contributed by atoms with van der Waals surface area (Å²) in [5, 5.41) is 0. The monoisotopic (exact) mass is 294 g/mol. The maximum absolute atomic E-state index is 12.2. The summed E-state index contributed by atoms with van der Waals surface area (Å²) in [5.41, 5.74) is 1.78. The Kier molecular flexibility index (Phi) is 4.09. The first-order chi connectivity index (χ1) is 9.26. The van der Waals surface area contributed by atoms with E-state index in [0.29, 0.717) is 5.56 Å². The lowest BCUT2D eigenvalue weighted by Gasteiger charge is -2.26.